The van der Waals surface area contributed by atoms with Gasteiger partial charge in [0, 0.05) is 24.5 Å². The fourth-order valence-corrected chi connectivity index (χ4v) is 3.71. The lowest BCUT2D eigenvalue weighted by atomic mass is 10.1. The smallest absolute Gasteiger partial charge is 0.236 e. The Kier molecular flexibility index (Phi) is 6.56. The minimum absolute atomic E-state index is 0.107. The van der Waals surface area contributed by atoms with Crippen LogP contribution in [0.25, 0.3) is 0 Å². The highest BCUT2D eigenvalue weighted by atomic mass is 32.2. The Bertz CT molecular complexity index is 846. The van der Waals surface area contributed by atoms with Gasteiger partial charge in [-0.25, -0.2) is 4.98 Å². The first kappa shape index (κ1) is 18.3. The number of aromatic nitrogens is 4. The predicted octanol–water partition coefficient (Wildman–Crippen LogP) is 3.44. The molecule has 1 amide bonds. The van der Waals surface area contributed by atoms with Crippen LogP contribution < -0.4 is 5.32 Å². The number of hydrogen-bond donors (Lipinski definition) is 1. The molecule has 0 aliphatic rings. The van der Waals surface area contributed by atoms with Crippen LogP contribution in [-0.4, -0.2) is 31.4 Å². The Morgan fingerprint density at radius 2 is 2.12 bits per heavy atom. The number of hydrogen-bond acceptors (Lipinski definition) is 6. The molecule has 0 unspecified atom stereocenters. The van der Waals surface area contributed by atoms with Crippen molar-refractivity contribution in [3.05, 3.63) is 66.0 Å². The zero-order valence-electron chi connectivity index (χ0n) is 14.2. The molecule has 2 aromatic heterocycles. The topological polar surface area (TPSA) is 72.7 Å². The summed E-state index contributed by atoms with van der Waals surface area (Å²) in [6, 6.07) is 10.3. The maximum Gasteiger partial charge on any atom is 0.236 e. The van der Waals surface area contributed by atoms with E-state index in [1.54, 1.807) is 6.20 Å². The van der Waals surface area contributed by atoms with Crippen molar-refractivity contribution >= 4 is 34.1 Å². The van der Waals surface area contributed by atoms with E-state index in [0.717, 1.165) is 23.8 Å². The van der Waals surface area contributed by atoms with Crippen molar-refractivity contribution in [3.63, 3.8) is 0 Å². The number of aryl methyl sites for hydroxylation is 2. The molecular weight excluding hydrogens is 366 g/mol. The van der Waals surface area contributed by atoms with Crippen molar-refractivity contribution in [2.45, 2.75) is 24.5 Å². The van der Waals surface area contributed by atoms with Crippen LogP contribution in [0.1, 0.15) is 11.4 Å². The van der Waals surface area contributed by atoms with Gasteiger partial charge in [-0.1, -0.05) is 48.2 Å². The van der Waals surface area contributed by atoms with E-state index >= 15 is 0 Å². The van der Waals surface area contributed by atoms with Crippen LogP contribution in [0, 0.1) is 0 Å². The second kappa shape index (κ2) is 9.30. The second-order valence-corrected chi connectivity index (χ2v) is 7.29. The Labute approximate surface area is 160 Å². The molecule has 8 heteroatoms. The highest BCUT2D eigenvalue weighted by Crippen LogP contribution is 2.19. The third-order valence-corrected chi connectivity index (χ3v) is 5.25. The van der Waals surface area contributed by atoms with Crippen LogP contribution in [0.2, 0.25) is 0 Å². The molecule has 3 aromatic rings. The maximum absolute atomic E-state index is 12.0. The highest BCUT2D eigenvalue weighted by Gasteiger charge is 2.14. The zero-order valence-corrected chi connectivity index (χ0v) is 15.8. The number of amides is 1. The van der Waals surface area contributed by atoms with Crippen LogP contribution in [0.4, 0.5) is 5.13 Å². The van der Waals surface area contributed by atoms with E-state index in [-0.39, 0.29) is 11.7 Å². The monoisotopic (exact) mass is 385 g/mol. The van der Waals surface area contributed by atoms with E-state index in [4.69, 9.17) is 0 Å². The van der Waals surface area contributed by atoms with Gasteiger partial charge in [0.15, 0.2) is 10.3 Å². The lowest BCUT2D eigenvalue weighted by molar-refractivity contribution is -0.113. The summed E-state index contributed by atoms with van der Waals surface area (Å²) in [7, 11) is 0. The first-order valence-corrected chi connectivity index (χ1v) is 10.0. The van der Waals surface area contributed by atoms with Gasteiger partial charge in [0.25, 0.3) is 0 Å². The summed E-state index contributed by atoms with van der Waals surface area (Å²) >= 11 is 2.76. The van der Waals surface area contributed by atoms with Gasteiger partial charge in [0.2, 0.25) is 5.91 Å². The number of rotatable bonds is 9. The van der Waals surface area contributed by atoms with Crippen molar-refractivity contribution in [2.24, 2.45) is 0 Å². The summed E-state index contributed by atoms with van der Waals surface area (Å²) in [6.45, 7) is 4.43. The van der Waals surface area contributed by atoms with Crippen LogP contribution in [0.15, 0.2) is 59.7 Å². The molecule has 3 rings (SSSR count). The van der Waals surface area contributed by atoms with E-state index in [1.807, 2.05) is 34.2 Å². The van der Waals surface area contributed by atoms with Crippen LogP contribution in [-0.2, 0) is 24.2 Å². The molecule has 0 radical (unpaired) electrons. The molecule has 0 aliphatic carbocycles. The number of nitrogens with zero attached hydrogens (tertiary/aromatic N) is 4. The number of carbonyl (C=O) groups is 1. The fourth-order valence-electron chi connectivity index (χ4n) is 2.39. The van der Waals surface area contributed by atoms with Gasteiger partial charge < -0.3 is 9.88 Å². The lowest BCUT2D eigenvalue weighted by Gasteiger charge is -2.07. The van der Waals surface area contributed by atoms with Crippen molar-refractivity contribution in [1.29, 1.82) is 0 Å². The molecule has 1 N–H and O–H groups in total. The predicted molar refractivity (Wildman–Crippen MR) is 106 cm³/mol. The van der Waals surface area contributed by atoms with Crippen molar-refractivity contribution in [3.8, 4) is 0 Å². The first-order chi connectivity index (χ1) is 12.8. The van der Waals surface area contributed by atoms with Crippen molar-refractivity contribution < 1.29 is 4.79 Å². The Morgan fingerprint density at radius 1 is 1.27 bits per heavy atom. The van der Waals surface area contributed by atoms with E-state index in [1.165, 1.54) is 28.7 Å². The largest absolute Gasteiger partial charge is 0.302 e. The molecular formula is C18H19N5OS2. The SMILES string of the molecule is C=CCn1c(CCc2ccccc2)nnc1SCC(=O)Nc1nccs1. The molecule has 0 bridgehead atoms. The minimum atomic E-state index is -0.107. The zero-order chi connectivity index (χ0) is 18.2. The average Bonchev–Trinajstić information content (AvgIpc) is 3.30. The van der Waals surface area contributed by atoms with Crippen molar-refractivity contribution in [2.75, 3.05) is 11.1 Å². The molecule has 0 atom stereocenters. The molecule has 134 valence electrons. The fraction of sp³-hybridized carbons (Fsp3) is 0.222. The minimum Gasteiger partial charge on any atom is -0.302 e. The highest BCUT2D eigenvalue weighted by molar-refractivity contribution is 7.99. The molecule has 2 heterocycles. The maximum atomic E-state index is 12.0. The number of allylic oxidation sites excluding steroid dienone is 1. The number of anilines is 1. The second-order valence-electron chi connectivity index (χ2n) is 5.46. The Balaban J connectivity index is 1.60. The molecule has 0 fully saturated rings. The molecule has 0 spiro atoms. The number of carbonyl (C=O) groups excluding carboxylic acids is 1. The van der Waals surface area contributed by atoms with Gasteiger partial charge in [-0.15, -0.1) is 28.1 Å². The summed E-state index contributed by atoms with van der Waals surface area (Å²) in [4.78, 5) is 16.1. The van der Waals surface area contributed by atoms with E-state index in [2.05, 4.69) is 39.2 Å². The van der Waals surface area contributed by atoms with Crippen LogP contribution in [0.3, 0.4) is 0 Å². The average molecular weight is 386 g/mol. The number of nitrogens with one attached hydrogen (secondary N) is 1. The first-order valence-electron chi connectivity index (χ1n) is 8.15. The molecule has 26 heavy (non-hydrogen) atoms. The van der Waals surface area contributed by atoms with Gasteiger partial charge in [0.05, 0.1) is 5.75 Å². The van der Waals surface area contributed by atoms with Crippen molar-refractivity contribution in [1.82, 2.24) is 19.7 Å². The summed E-state index contributed by atoms with van der Waals surface area (Å²) in [5.74, 6) is 1.05. The van der Waals surface area contributed by atoms with Gasteiger partial charge in [-0.2, -0.15) is 0 Å². The van der Waals surface area contributed by atoms with E-state index in [0.29, 0.717) is 11.7 Å². The van der Waals surface area contributed by atoms with Gasteiger partial charge >= 0.3 is 0 Å². The number of benzene rings is 1. The van der Waals surface area contributed by atoms with Gasteiger partial charge in [0.1, 0.15) is 5.82 Å². The van der Waals surface area contributed by atoms with Gasteiger partial charge in [-0.05, 0) is 12.0 Å². The third kappa shape index (κ3) is 5.03. The van der Waals surface area contributed by atoms with Gasteiger partial charge in [-0.3, -0.25) is 4.79 Å². The molecule has 0 aliphatic heterocycles. The quantitative estimate of drug-likeness (QED) is 0.451. The summed E-state index contributed by atoms with van der Waals surface area (Å²) in [5, 5.41) is 14.5. The summed E-state index contributed by atoms with van der Waals surface area (Å²) < 4.78 is 2.01. The third-order valence-electron chi connectivity index (χ3n) is 3.60. The normalized spacial score (nSPS) is 10.6. The van der Waals surface area contributed by atoms with E-state index in [9.17, 15) is 4.79 Å². The molecule has 0 saturated carbocycles. The van der Waals surface area contributed by atoms with Crippen LogP contribution >= 0.6 is 23.1 Å². The number of thiazole rings is 1. The number of thioether (sulfide) groups is 1. The van der Waals surface area contributed by atoms with E-state index < -0.39 is 0 Å². The van der Waals surface area contributed by atoms with Crippen LogP contribution in [0.5, 0.6) is 0 Å². The molecule has 6 nitrogen and oxygen atoms in total. The summed E-state index contributed by atoms with van der Waals surface area (Å²) in [5.41, 5.74) is 1.26. The summed E-state index contributed by atoms with van der Waals surface area (Å²) in [6.07, 6.45) is 5.16. The standard InChI is InChI=1S/C18H19N5OS2/c1-2-11-23-15(9-8-14-6-4-3-5-7-14)21-22-18(23)26-13-16(24)20-17-19-10-12-25-17/h2-7,10,12H,1,8-9,11,13H2,(H,19,20,24). The Morgan fingerprint density at radius 3 is 2.85 bits per heavy atom. The lowest BCUT2D eigenvalue weighted by Crippen LogP contribution is -2.14. The molecule has 1 aromatic carbocycles. The molecule has 0 saturated heterocycles. The Hall–Kier alpha value is -2.45.